The summed E-state index contributed by atoms with van der Waals surface area (Å²) in [7, 11) is 0. The predicted octanol–water partition coefficient (Wildman–Crippen LogP) is 2.14. The van der Waals surface area contributed by atoms with E-state index in [1.54, 1.807) is 6.33 Å². The molecule has 0 atom stereocenters. The van der Waals surface area contributed by atoms with Crippen molar-refractivity contribution in [2.75, 3.05) is 25.0 Å². The molecule has 5 heteroatoms. The zero-order chi connectivity index (χ0) is 11.4. The summed E-state index contributed by atoms with van der Waals surface area (Å²) in [5.74, 6) is 0.883. The molecule has 1 aliphatic rings. The molecule has 0 unspecified atom stereocenters. The number of nitrogens with one attached hydrogen (secondary N) is 1. The number of hydrogen-bond donors (Lipinski definition) is 1. The monoisotopic (exact) mass is 284 g/mol. The lowest BCUT2D eigenvalue weighted by Gasteiger charge is -2.19. The van der Waals surface area contributed by atoms with Crippen molar-refractivity contribution in [2.24, 2.45) is 0 Å². The summed E-state index contributed by atoms with van der Waals surface area (Å²) in [6.45, 7) is 5.38. The molecular formula is C11H17BrN4. The third-order valence-corrected chi connectivity index (χ3v) is 3.24. The first kappa shape index (κ1) is 11.8. The van der Waals surface area contributed by atoms with Crippen molar-refractivity contribution < 1.29 is 0 Å². The van der Waals surface area contributed by atoms with Crippen LogP contribution in [0.4, 0.5) is 5.82 Å². The van der Waals surface area contributed by atoms with Gasteiger partial charge in [-0.3, -0.25) is 4.90 Å². The summed E-state index contributed by atoms with van der Waals surface area (Å²) in [6.07, 6.45) is 4.30. The van der Waals surface area contributed by atoms with Crippen LogP contribution in [0.1, 0.15) is 19.8 Å². The molecule has 16 heavy (non-hydrogen) atoms. The van der Waals surface area contributed by atoms with Crippen LogP contribution in [-0.2, 0) is 0 Å². The van der Waals surface area contributed by atoms with Crippen molar-refractivity contribution in [3.8, 4) is 0 Å². The molecule has 1 saturated carbocycles. The number of likely N-dealkylation sites (N-methyl/N-ethyl adjacent to an activating group) is 1. The first-order valence-electron chi connectivity index (χ1n) is 5.75. The molecular weight excluding hydrogens is 268 g/mol. The topological polar surface area (TPSA) is 41.0 Å². The number of rotatable bonds is 6. The minimum absolute atomic E-state index is 0.819. The number of hydrogen-bond acceptors (Lipinski definition) is 4. The smallest absolute Gasteiger partial charge is 0.130 e. The maximum atomic E-state index is 4.15. The highest BCUT2D eigenvalue weighted by molar-refractivity contribution is 9.10. The van der Waals surface area contributed by atoms with E-state index in [-0.39, 0.29) is 0 Å². The van der Waals surface area contributed by atoms with Crippen LogP contribution in [-0.4, -0.2) is 40.5 Å². The third kappa shape index (κ3) is 3.42. The second-order valence-corrected chi connectivity index (χ2v) is 4.82. The third-order valence-electron chi connectivity index (χ3n) is 2.81. The number of halogens is 1. The lowest BCUT2D eigenvalue weighted by Crippen LogP contribution is -2.31. The van der Waals surface area contributed by atoms with E-state index in [2.05, 4.69) is 43.0 Å². The van der Waals surface area contributed by atoms with Gasteiger partial charge in [0.05, 0.1) is 0 Å². The van der Waals surface area contributed by atoms with Gasteiger partial charge in [0.15, 0.2) is 0 Å². The molecule has 1 fully saturated rings. The molecule has 1 aromatic heterocycles. The van der Waals surface area contributed by atoms with Crippen LogP contribution >= 0.6 is 15.9 Å². The first-order chi connectivity index (χ1) is 7.79. The summed E-state index contributed by atoms with van der Waals surface area (Å²) >= 11 is 3.33. The van der Waals surface area contributed by atoms with Crippen LogP contribution in [0.2, 0.25) is 0 Å². The van der Waals surface area contributed by atoms with Crippen LogP contribution in [0, 0.1) is 0 Å². The summed E-state index contributed by atoms with van der Waals surface area (Å²) in [5.41, 5.74) is 0. The van der Waals surface area contributed by atoms with Crippen LogP contribution in [0.5, 0.6) is 0 Å². The van der Waals surface area contributed by atoms with Crippen LogP contribution in [0.3, 0.4) is 0 Å². The SMILES string of the molecule is CCN(CCNc1cc(Br)ncn1)C1CC1. The zero-order valence-electron chi connectivity index (χ0n) is 9.49. The number of aromatic nitrogens is 2. The number of nitrogens with zero attached hydrogens (tertiary/aromatic N) is 3. The van der Waals surface area contributed by atoms with Crippen molar-refractivity contribution in [2.45, 2.75) is 25.8 Å². The lowest BCUT2D eigenvalue weighted by atomic mass is 10.4. The van der Waals surface area contributed by atoms with E-state index in [0.717, 1.165) is 36.1 Å². The molecule has 1 N–H and O–H groups in total. The summed E-state index contributed by atoms with van der Waals surface area (Å²) in [4.78, 5) is 10.7. The lowest BCUT2D eigenvalue weighted by molar-refractivity contribution is 0.289. The zero-order valence-corrected chi connectivity index (χ0v) is 11.1. The minimum Gasteiger partial charge on any atom is -0.369 e. The molecule has 1 heterocycles. The van der Waals surface area contributed by atoms with Gasteiger partial charge in [0.25, 0.3) is 0 Å². The standard InChI is InChI=1S/C11H17BrN4/c1-2-16(9-3-4-9)6-5-13-11-7-10(12)14-8-15-11/h7-9H,2-6H2,1H3,(H,13,14,15). The highest BCUT2D eigenvalue weighted by atomic mass is 79.9. The Kier molecular flexibility index (Phi) is 4.12. The molecule has 0 aromatic carbocycles. The maximum Gasteiger partial charge on any atom is 0.130 e. The van der Waals surface area contributed by atoms with E-state index in [1.165, 1.54) is 12.8 Å². The van der Waals surface area contributed by atoms with E-state index in [1.807, 2.05) is 6.07 Å². The van der Waals surface area contributed by atoms with Gasteiger partial charge in [-0.25, -0.2) is 9.97 Å². The Morgan fingerprint density at radius 2 is 2.31 bits per heavy atom. The van der Waals surface area contributed by atoms with E-state index < -0.39 is 0 Å². The van der Waals surface area contributed by atoms with E-state index >= 15 is 0 Å². The predicted molar refractivity (Wildman–Crippen MR) is 68.5 cm³/mol. The van der Waals surface area contributed by atoms with Crippen LogP contribution in [0.15, 0.2) is 17.0 Å². The van der Waals surface area contributed by atoms with Crippen molar-refractivity contribution in [3.05, 3.63) is 17.0 Å². The van der Waals surface area contributed by atoms with Gasteiger partial charge >= 0.3 is 0 Å². The second-order valence-electron chi connectivity index (χ2n) is 4.01. The van der Waals surface area contributed by atoms with Gasteiger partial charge in [-0.05, 0) is 35.3 Å². The Balaban J connectivity index is 1.74. The van der Waals surface area contributed by atoms with Crippen molar-refractivity contribution in [3.63, 3.8) is 0 Å². The van der Waals surface area contributed by atoms with E-state index in [0.29, 0.717) is 0 Å². The molecule has 0 bridgehead atoms. The first-order valence-corrected chi connectivity index (χ1v) is 6.54. The quantitative estimate of drug-likeness (QED) is 0.813. The molecule has 1 aliphatic carbocycles. The van der Waals surface area contributed by atoms with Crippen molar-refractivity contribution >= 4 is 21.7 Å². The fourth-order valence-corrected chi connectivity index (χ4v) is 2.10. The summed E-state index contributed by atoms with van der Waals surface area (Å²) in [6, 6.07) is 2.73. The molecule has 88 valence electrons. The highest BCUT2D eigenvalue weighted by Gasteiger charge is 2.26. The molecule has 0 aliphatic heterocycles. The Hall–Kier alpha value is -0.680. The molecule has 1 aromatic rings. The minimum atomic E-state index is 0.819. The van der Waals surface area contributed by atoms with Gasteiger partial charge in [-0.2, -0.15) is 0 Å². The van der Waals surface area contributed by atoms with Gasteiger partial charge in [0.1, 0.15) is 16.7 Å². The fraction of sp³-hybridized carbons (Fsp3) is 0.636. The fourth-order valence-electron chi connectivity index (χ4n) is 1.80. The largest absolute Gasteiger partial charge is 0.369 e. The molecule has 0 amide bonds. The number of anilines is 1. The van der Waals surface area contributed by atoms with Crippen molar-refractivity contribution in [1.82, 2.24) is 14.9 Å². The Morgan fingerprint density at radius 3 is 2.94 bits per heavy atom. The second kappa shape index (κ2) is 5.59. The highest BCUT2D eigenvalue weighted by Crippen LogP contribution is 2.25. The molecule has 0 radical (unpaired) electrons. The van der Waals surface area contributed by atoms with Gasteiger partial charge in [0, 0.05) is 25.2 Å². The maximum absolute atomic E-state index is 4.15. The normalized spacial score (nSPS) is 15.4. The van der Waals surface area contributed by atoms with Gasteiger partial charge in [-0.15, -0.1) is 0 Å². The van der Waals surface area contributed by atoms with E-state index in [9.17, 15) is 0 Å². The van der Waals surface area contributed by atoms with Gasteiger partial charge in [-0.1, -0.05) is 6.92 Å². The van der Waals surface area contributed by atoms with Crippen molar-refractivity contribution in [1.29, 1.82) is 0 Å². The average molecular weight is 285 g/mol. The Labute approximate surface area is 105 Å². The molecule has 0 saturated heterocycles. The van der Waals surface area contributed by atoms with Crippen LogP contribution < -0.4 is 5.32 Å². The van der Waals surface area contributed by atoms with Crippen LogP contribution in [0.25, 0.3) is 0 Å². The molecule has 0 spiro atoms. The summed E-state index contributed by atoms with van der Waals surface area (Å²) in [5, 5.41) is 3.31. The van der Waals surface area contributed by atoms with Gasteiger partial charge in [0.2, 0.25) is 0 Å². The average Bonchev–Trinajstić information content (AvgIpc) is 3.08. The van der Waals surface area contributed by atoms with Gasteiger partial charge < -0.3 is 5.32 Å². The Bertz CT molecular complexity index is 341. The molecule has 2 rings (SSSR count). The van der Waals surface area contributed by atoms with E-state index in [4.69, 9.17) is 0 Å². The Morgan fingerprint density at radius 1 is 1.50 bits per heavy atom. The summed E-state index contributed by atoms with van der Waals surface area (Å²) < 4.78 is 0.819. The molecule has 4 nitrogen and oxygen atoms in total.